The molecule has 0 spiro atoms. The van der Waals surface area contributed by atoms with Crippen LogP contribution in [-0.2, 0) is 37.2 Å². The molecule has 14 heteroatoms. The van der Waals surface area contributed by atoms with Gasteiger partial charge in [-0.15, -0.1) is 0 Å². The van der Waals surface area contributed by atoms with Crippen molar-refractivity contribution in [2.75, 3.05) is 54.9 Å². The van der Waals surface area contributed by atoms with E-state index in [1.54, 1.807) is 14.2 Å². The van der Waals surface area contributed by atoms with Crippen LogP contribution in [-0.4, -0.2) is 92.7 Å². The molecule has 2 rings (SSSR count). The average Bonchev–Trinajstić information content (AvgIpc) is 2.84. The summed E-state index contributed by atoms with van der Waals surface area (Å²) in [5.41, 5.74) is 0. The average molecular weight is 610 g/mol. The molecule has 0 bridgehead atoms. The van der Waals surface area contributed by atoms with Crippen LogP contribution in [0.25, 0.3) is 0 Å². The lowest BCUT2D eigenvalue weighted by Crippen LogP contribution is -2.53. The zero-order chi connectivity index (χ0) is 32.1. The van der Waals surface area contributed by atoms with E-state index in [9.17, 15) is 10.0 Å². The SMILES string of the molecule is C.C.CC(C)(C)B1OCCCO1.CC(C)(C)[B-]1(O)OCCCO1.COB(OC)C(C)(C)C.CO[B-](O)(OC)C(C)(C)C. The summed E-state index contributed by atoms with van der Waals surface area (Å²) in [6, 6.07) is 0. The molecule has 256 valence electrons. The van der Waals surface area contributed by atoms with Gasteiger partial charge in [-0.2, -0.15) is 0 Å². The van der Waals surface area contributed by atoms with Crippen LogP contribution in [0, 0.1) is 0 Å². The van der Waals surface area contributed by atoms with Gasteiger partial charge in [0.15, 0.2) is 0 Å². The minimum absolute atomic E-state index is 0. The molecule has 2 N–H and O–H groups in total. The molecule has 0 aromatic carbocycles. The number of rotatable bonds is 4. The van der Waals surface area contributed by atoms with Gasteiger partial charge in [-0.3, -0.25) is 0 Å². The van der Waals surface area contributed by atoms with Gasteiger partial charge in [-0.05, 0) is 37.7 Å². The summed E-state index contributed by atoms with van der Waals surface area (Å²) in [7, 11) is 6.08. The topological polar surface area (TPSA) is 114 Å². The van der Waals surface area contributed by atoms with E-state index >= 15 is 0 Å². The largest absolute Gasteiger partial charge is 0.559 e. The van der Waals surface area contributed by atoms with Crippen LogP contribution in [0.1, 0.15) is 111 Å². The first-order chi connectivity index (χ1) is 18.0. The van der Waals surface area contributed by atoms with E-state index in [0.717, 1.165) is 26.1 Å². The maximum atomic E-state index is 9.83. The molecule has 0 amide bonds. The Hall–Kier alpha value is -0.140. The van der Waals surface area contributed by atoms with Crippen LogP contribution in [0.15, 0.2) is 0 Å². The molecule has 0 atom stereocenters. The van der Waals surface area contributed by atoms with Crippen LogP contribution in [0.4, 0.5) is 0 Å². The standard InChI is InChI=1S/C7H16BO3.C7H15BO2.C6H16BO3.C6H15BO2.2CH4/c1-7(2,3)8(9)10-5-4-6-11-8;1-7(2,3)8-9-5-4-6-10-8;1-6(2,3)7(8,9-4)10-5;1-6(2,3)7(8-4)9-5;;/h9H,4-6H2,1-3H3;4-6H2,1-3H3;8H,1-5H3;1-5H3;2*1H4/q-1;;-1;;;. The highest BCUT2D eigenvalue weighted by Crippen LogP contribution is 2.37. The molecule has 2 saturated heterocycles. The number of hydrogen-bond donors (Lipinski definition) is 2. The van der Waals surface area contributed by atoms with Gasteiger partial charge in [0, 0.05) is 40.6 Å². The quantitative estimate of drug-likeness (QED) is 0.333. The smallest absolute Gasteiger partial charge is 0.462 e. The summed E-state index contributed by atoms with van der Waals surface area (Å²) in [5, 5.41) is 18.9. The minimum atomic E-state index is -2.12. The Morgan fingerprint density at radius 1 is 0.690 bits per heavy atom. The lowest BCUT2D eigenvalue weighted by molar-refractivity contribution is 0.0328. The van der Waals surface area contributed by atoms with Gasteiger partial charge < -0.3 is 47.3 Å². The Balaban J connectivity index is -0.000000226. The van der Waals surface area contributed by atoms with Gasteiger partial charge in [-0.1, -0.05) is 109 Å². The van der Waals surface area contributed by atoms with Crippen molar-refractivity contribution >= 4 is 27.7 Å². The van der Waals surface area contributed by atoms with E-state index in [1.807, 2.05) is 41.5 Å². The number of hydrogen-bond acceptors (Lipinski definition) is 10. The summed E-state index contributed by atoms with van der Waals surface area (Å²) in [6.07, 6.45) is 1.91. The highest BCUT2D eigenvalue weighted by atomic mass is 16.7. The molecule has 0 aromatic heterocycles. The zero-order valence-electron chi connectivity index (χ0n) is 28.7. The van der Waals surface area contributed by atoms with Gasteiger partial charge in [0.1, 0.15) is 0 Å². The first-order valence-electron chi connectivity index (χ1n) is 14.3. The van der Waals surface area contributed by atoms with E-state index < -0.39 is 13.5 Å². The van der Waals surface area contributed by atoms with Gasteiger partial charge >= 0.3 is 27.7 Å². The summed E-state index contributed by atoms with van der Waals surface area (Å²) in [5.74, 6) is 0. The molecule has 2 aliphatic heterocycles. The highest BCUT2D eigenvalue weighted by molar-refractivity contribution is 6.63. The molecule has 0 radical (unpaired) electrons. The van der Waals surface area contributed by atoms with E-state index in [-0.39, 0.29) is 50.3 Å². The van der Waals surface area contributed by atoms with Crippen molar-refractivity contribution < 1.29 is 47.3 Å². The Bertz CT molecular complexity index is 639. The fourth-order valence-corrected chi connectivity index (χ4v) is 3.69. The highest BCUT2D eigenvalue weighted by Gasteiger charge is 2.40. The second kappa shape index (κ2) is 20.8. The third-order valence-corrected chi connectivity index (χ3v) is 6.47. The lowest BCUT2D eigenvalue weighted by Gasteiger charge is -2.49. The van der Waals surface area contributed by atoms with Crippen LogP contribution in [0.2, 0.25) is 21.3 Å². The Kier molecular flexibility index (Phi) is 24.2. The second-order valence-corrected chi connectivity index (χ2v) is 14.6. The third kappa shape index (κ3) is 18.0. The van der Waals surface area contributed by atoms with Crippen molar-refractivity contribution in [2.45, 2.75) is 132 Å². The van der Waals surface area contributed by atoms with Crippen LogP contribution in [0.5, 0.6) is 0 Å². The molecule has 10 nitrogen and oxygen atoms in total. The molecular formula is C28H70B4O10-2. The third-order valence-electron chi connectivity index (χ3n) is 6.47. The van der Waals surface area contributed by atoms with E-state index in [1.165, 1.54) is 14.2 Å². The summed E-state index contributed by atoms with van der Waals surface area (Å²) in [4.78, 5) is 0. The van der Waals surface area contributed by atoms with Gasteiger partial charge in [0.05, 0.1) is 0 Å². The predicted octanol–water partition coefficient (Wildman–Crippen LogP) is 6.72. The van der Waals surface area contributed by atoms with E-state index in [4.69, 9.17) is 37.2 Å². The predicted molar refractivity (Wildman–Crippen MR) is 181 cm³/mol. The van der Waals surface area contributed by atoms with Crippen molar-refractivity contribution in [3.63, 3.8) is 0 Å². The molecule has 42 heavy (non-hydrogen) atoms. The summed E-state index contributed by atoms with van der Waals surface area (Å²) in [6.45, 7) is 22.7. The van der Waals surface area contributed by atoms with Crippen LogP contribution >= 0.6 is 0 Å². The molecular weight excluding hydrogens is 540 g/mol. The molecule has 2 fully saturated rings. The fraction of sp³-hybridized carbons (Fsp3) is 1.00. The van der Waals surface area contributed by atoms with E-state index in [0.29, 0.717) is 13.2 Å². The second-order valence-electron chi connectivity index (χ2n) is 14.6. The van der Waals surface area contributed by atoms with Crippen molar-refractivity contribution in [3.05, 3.63) is 0 Å². The van der Waals surface area contributed by atoms with Crippen molar-refractivity contribution in [2.24, 2.45) is 0 Å². The van der Waals surface area contributed by atoms with Gasteiger partial charge in [0.2, 0.25) is 0 Å². The molecule has 0 saturated carbocycles. The molecule has 0 unspecified atom stereocenters. The monoisotopic (exact) mass is 611 g/mol. The molecule has 0 aliphatic carbocycles. The Labute approximate surface area is 261 Å². The van der Waals surface area contributed by atoms with Crippen LogP contribution < -0.4 is 0 Å². The van der Waals surface area contributed by atoms with Gasteiger partial charge in [0.25, 0.3) is 0 Å². The fourth-order valence-electron chi connectivity index (χ4n) is 3.69. The normalized spacial score (nSPS) is 17.4. The molecule has 0 aromatic rings. The summed E-state index contributed by atoms with van der Waals surface area (Å²) < 4.78 is 41.1. The first-order valence-corrected chi connectivity index (χ1v) is 14.3. The van der Waals surface area contributed by atoms with Crippen molar-refractivity contribution in [1.29, 1.82) is 0 Å². The Morgan fingerprint density at radius 3 is 1.19 bits per heavy atom. The lowest BCUT2D eigenvalue weighted by atomic mass is 9.53. The minimum Gasteiger partial charge on any atom is -0.559 e. The summed E-state index contributed by atoms with van der Waals surface area (Å²) >= 11 is 0. The Morgan fingerprint density at radius 2 is 1.05 bits per heavy atom. The molecule has 2 aliphatic rings. The van der Waals surface area contributed by atoms with E-state index in [2.05, 4.69) is 41.5 Å². The van der Waals surface area contributed by atoms with Gasteiger partial charge in [-0.25, -0.2) is 0 Å². The first kappa shape index (κ1) is 48.8. The maximum Gasteiger partial charge on any atom is 0.462 e. The maximum absolute atomic E-state index is 9.83. The van der Waals surface area contributed by atoms with Crippen molar-refractivity contribution in [3.8, 4) is 0 Å². The van der Waals surface area contributed by atoms with Crippen molar-refractivity contribution in [1.82, 2.24) is 0 Å². The molecule has 2 heterocycles. The van der Waals surface area contributed by atoms with Crippen LogP contribution in [0.3, 0.4) is 0 Å². The zero-order valence-corrected chi connectivity index (χ0v) is 28.7.